The highest BCUT2D eigenvalue weighted by molar-refractivity contribution is 5.96. The summed E-state index contributed by atoms with van der Waals surface area (Å²) in [6.07, 6.45) is -0.567. The molecule has 0 amide bonds. The van der Waals surface area contributed by atoms with Crippen molar-refractivity contribution in [2.24, 2.45) is 4.99 Å². The number of para-hydroxylation sites is 1. The summed E-state index contributed by atoms with van der Waals surface area (Å²) in [5, 5.41) is 2.83. The van der Waals surface area contributed by atoms with Gasteiger partial charge < -0.3 is 5.32 Å². The van der Waals surface area contributed by atoms with Gasteiger partial charge in [-0.2, -0.15) is 13.2 Å². The van der Waals surface area contributed by atoms with Crippen molar-refractivity contribution in [1.82, 2.24) is 0 Å². The van der Waals surface area contributed by atoms with E-state index in [4.69, 9.17) is 0 Å². The van der Waals surface area contributed by atoms with Crippen LogP contribution in [0.15, 0.2) is 29.3 Å². The molecule has 18 heavy (non-hydrogen) atoms. The van der Waals surface area contributed by atoms with Gasteiger partial charge in [0, 0.05) is 13.0 Å². The van der Waals surface area contributed by atoms with E-state index >= 15 is 0 Å². The summed E-state index contributed by atoms with van der Waals surface area (Å²) in [4.78, 5) is 4.28. The van der Waals surface area contributed by atoms with Crippen molar-refractivity contribution in [2.75, 3.05) is 11.9 Å². The first-order valence-corrected chi connectivity index (χ1v) is 6.04. The van der Waals surface area contributed by atoms with Gasteiger partial charge in [0.2, 0.25) is 0 Å². The lowest BCUT2D eigenvalue weighted by molar-refractivity contribution is -0.136. The van der Waals surface area contributed by atoms with Gasteiger partial charge in [-0.15, -0.1) is 0 Å². The second kappa shape index (κ2) is 5.42. The summed E-state index contributed by atoms with van der Waals surface area (Å²) in [6, 6.07) is 5.51. The van der Waals surface area contributed by atoms with Crippen molar-refractivity contribution in [3.8, 4) is 0 Å². The fourth-order valence-corrected chi connectivity index (χ4v) is 1.97. The molecule has 0 unspecified atom stereocenters. The molecule has 98 valence electrons. The number of aliphatic imine (C=N–C) groups is 1. The van der Waals surface area contributed by atoms with Crippen molar-refractivity contribution in [3.63, 3.8) is 0 Å². The molecule has 1 aromatic rings. The number of rotatable bonds is 1. The molecule has 1 aliphatic heterocycles. The first-order chi connectivity index (χ1) is 8.57. The minimum absolute atomic E-state index is 0.0886. The third-order valence-electron chi connectivity index (χ3n) is 2.89. The average Bonchev–Trinajstić information content (AvgIpc) is 2.57. The highest BCUT2D eigenvalue weighted by atomic mass is 19.4. The van der Waals surface area contributed by atoms with Crippen molar-refractivity contribution in [2.45, 2.75) is 31.9 Å². The monoisotopic (exact) mass is 256 g/mol. The molecule has 0 radical (unpaired) electrons. The van der Waals surface area contributed by atoms with Crippen LogP contribution in [-0.2, 0) is 6.18 Å². The van der Waals surface area contributed by atoms with Gasteiger partial charge in [-0.1, -0.05) is 18.6 Å². The van der Waals surface area contributed by atoms with Gasteiger partial charge >= 0.3 is 6.18 Å². The molecular weight excluding hydrogens is 241 g/mol. The number of alkyl halides is 3. The molecule has 1 aliphatic rings. The Kier molecular flexibility index (Phi) is 3.89. The Morgan fingerprint density at radius 3 is 2.61 bits per heavy atom. The van der Waals surface area contributed by atoms with E-state index < -0.39 is 11.7 Å². The number of benzene rings is 1. The van der Waals surface area contributed by atoms with Crippen LogP contribution in [-0.4, -0.2) is 12.4 Å². The Morgan fingerprint density at radius 1 is 1.06 bits per heavy atom. The number of anilines is 1. The van der Waals surface area contributed by atoms with Crippen LogP contribution in [0, 0.1) is 0 Å². The maximum atomic E-state index is 12.8. The molecule has 0 fully saturated rings. The number of nitrogens with zero attached hydrogens (tertiary/aromatic N) is 1. The second-order valence-corrected chi connectivity index (χ2v) is 4.31. The standard InChI is InChI=1S/C13H15F3N2/c14-13(15,16)10-6-3-4-7-11(10)18-12-8-2-1-5-9-17-12/h3-4,6-7H,1-2,5,8-9H2,(H,17,18). The second-order valence-electron chi connectivity index (χ2n) is 4.31. The number of hydrogen-bond donors (Lipinski definition) is 1. The van der Waals surface area contributed by atoms with Gasteiger partial charge in [-0.25, -0.2) is 0 Å². The van der Waals surface area contributed by atoms with Crippen LogP contribution in [0.4, 0.5) is 18.9 Å². The molecule has 2 rings (SSSR count). The Bertz CT molecular complexity index is 438. The largest absolute Gasteiger partial charge is 0.418 e. The fraction of sp³-hybridized carbons (Fsp3) is 0.462. The van der Waals surface area contributed by atoms with E-state index in [0.717, 1.165) is 25.3 Å². The van der Waals surface area contributed by atoms with Gasteiger partial charge in [-0.05, 0) is 25.0 Å². The smallest absolute Gasteiger partial charge is 0.344 e. The molecule has 0 bridgehead atoms. The van der Waals surface area contributed by atoms with Crippen LogP contribution in [0.3, 0.4) is 0 Å². The van der Waals surface area contributed by atoms with Crippen LogP contribution in [0.25, 0.3) is 0 Å². The Labute approximate surface area is 104 Å². The highest BCUT2D eigenvalue weighted by Crippen LogP contribution is 2.34. The van der Waals surface area contributed by atoms with Crippen LogP contribution in [0.1, 0.15) is 31.2 Å². The van der Waals surface area contributed by atoms with Crippen molar-refractivity contribution >= 4 is 11.5 Å². The maximum Gasteiger partial charge on any atom is 0.418 e. The van der Waals surface area contributed by atoms with Gasteiger partial charge in [0.15, 0.2) is 0 Å². The fourth-order valence-electron chi connectivity index (χ4n) is 1.97. The summed E-state index contributed by atoms with van der Waals surface area (Å²) < 4.78 is 38.4. The van der Waals surface area contributed by atoms with Crippen molar-refractivity contribution in [3.05, 3.63) is 29.8 Å². The average molecular weight is 256 g/mol. The molecule has 0 saturated heterocycles. The van der Waals surface area contributed by atoms with Gasteiger partial charge in [0.05, 0.1) is 11.3 Å². The van der Waals surface area contributed by atoms with Crippen molar-refractivity contribution in [1.29, 1.82) is 0 Å². The first-order valence-electron chi connectivity index (χ1n) is 6.04. The lowest BCUT2D eigenvalue weighted by atomic mass is 10.1. The predicted molar refractivity (Wildman–Crippen MR) is 65.8 cm³/mol. The molecule has 5 heteroatoms. The van der Waals surface area contributed by atoms with E-state index in [-0.39, 0.29) is 5.69 Å². The molecule has 2 nitrogen and oxygen atoms in total. The first kappa shape index (κ1) is 12.9. The minimum atomic E-state index is -4.34. The van der Waals surface area contributed by atoms with Crippen molar-refractivity contribution < 1.29 is 13.2 Å². The molecule has 0 aliphatic carbocycles. The lowest BCUT2D eigenvalue weighted by Crippen LogP contribution is -2.16. The van der Waals surface area contributed by atoms with E-state index in [1.807, 2.05) is 0 Å². The van der Waals surface area contributed by atoms with Gasteiger partial charge in [0.25, 0.3) is 0 Å². The third-order valence-corrected chi connectivity index (χ3v) is 2.89. The van der Waals surface area contributed by atoms with E-state index in [1.54, 1.807) is 6.07 Å². The molecule has 0 aromatic heterocycles. The van der Waals surface area contributed by atoms with Gasteiger partial charge in [0.1, 0.15) is 5.84 Å². The van der Waals surface area contributed by atoms with Gasteiger partial charge in [-0.3, -0.25) is 4.99 Å². The van der Waals surface area contributed by atoms with E-state index in [2.05, 4.69) is 10.3 Å². The number of nitrogens with one attached hydrogen (secondary N) is 1. The van der Waals surface area contributed by atoms with Crippen LogP contribution < -0.4 is 5.32 Å². The molecule has 0 spiro atoms. The molecule has 1 N–H and O–H groups in total. The summed E-state index contributed by atoms with van der Waals surface area (Å²) >= 11 is 0. The Morgan fingerprint density at radius 2 is 1.83 bits per heavy atom. The zero-order valence-electron chi connectivity index (χ0n) is 9.93. The number of halogens is 3. The normalized spacial score (nSPS) is 16.9. The zero-order valence-corrected chi connectivity index (χ0v) is 9.93. The lowest BCUT2D eigenvalue weighted by Gasteiger charge is -2.15. The predicted octanol–water partition coefficient (Wildman–Crippen LogP) is 4.09. The minimum Gasteiger partial charge on any atom is -0.344 e. The summed E-state index contributed by atoms with van der Waals surface area (Å²) in [5.41, 5.74) is -0.553. The summed E-state index contributed by atoms with van der Waals surface area (Å²) in [5.74, 6) is 0.657. The van der Waals surface area contributed by atoms with Crippen LogP contribution >= 0.6 is 0 Å². The van der Waals surface area contributed by atoms with E-state index in [0.29, 0.717) is 18.8 Å². The molecule has 1 heterocycles. The number of amidine groups is 1. The topological polar surface area (TPSA) is 24.4 Å². The molecule has 0 atom stereocenters. The number of hydrogen-bond acceptors (Lipinski definition) is 2. The van der Waals surface area contributed by atoms with E-state index in [1.165, 1.54) is 12.1 Å². The Balaban J connectivity index is 2.21. The third kappa shape index (κ3) is 3.24. The maximum absolute atomic E-state index is 12.8. The Hall–Kier alpha value is -1.52. The van der Waals surface area contributed by atoms with E-state index in [9.17, 15) is 13.2 Å². The molecule has 1 aromatic carbocycles. The quantitative estimate of drug-likeness (QED) is 0.804. The summed E-state index contributed by atoms with van der Waals surface area (Å²) in [6.45, 7) is 0.691. The SMILES string of the molecule is FC(F)(F)c1ccccc1NC1=NCCCCC1. The zero-order chi connectivity index (χ0) is 13.0. The van der Waals surface area contributed by atoms with Crippen LogP contribution in [0.2, 0.25) is 0 Å². The molecule has 0 saturated carbocycles. The summed E-state index contributed by atoms with van der Waals surface area (Å²) in [7, 11) is 0. The van der Waals surface area contributed by atoms with Crippen LogP contribution in [0.5, 0.6) is 0 Å². The molecular formula is C13H15F3N2. The highest BCUT2D eigenvalue weighted by Gasteiger charge is 2.33.